The van der Waals surface area contributed by atoms with Gasteiger partial charge >= 0.3 is 0 Å². The lowest BCUT2D eigenvalue weighted by Crippen LogP contribution is -2.14. The second-order valence-electron chi connectivity index (χ2n) is 5.02. The predicted octanol–water partition coefficient (Wildman–Crippen LogP) is 3.82. The molecule has 0 aliphatic rings. The van der Waals surface area contributed by atoms with Crippen molar-refractivity contribution in [2.24, 2.45) is 5.41 Å². The van der Waals surface area contributed by atoms with Crippen LogP contribution in [0.2, 0.25) is 0 Å². The lowest BCUT2D eigenvalue weighted by Gasteiger charge is -2.21. The van der Waals surface area contributed by atoms with Crippen molar-refractivity contribution in [2.75, 3.05) is 13.4 Å². The molecule has 0 spiro atoms. The van der Waals surface area contributed by atoms with Crippen molar-refractivity contribution in [3.05, 3.63) is 42.8 Å². The third-order valence-corrected chi connectivity index (χ3v) is 2.88. The maximum atomic E-state index is 5.44. The lowest BCUT2D eigenvalue weighted by molar-refractivity contribution is -0.0673. The second-order valence-corrected chi connectivity index (χ2v) is 5.02. The van der Waals surface area contributed by atoms with E-state index in [2.05, 4.69) is 20.8 Å². The molecule has 0 bridgehead atoms. The summed E-state index contributed by atoms with van der Waals surface area (Å²) < 4.78 is 10.9. The van der Waals surface area contributed by atoms with Crippen LogP contribution >= 0.6 is 0 Å². The van der Waals surface area contributed by atoms with Gasteiger partial charge in [0.05, 0.1) is 6.61 Å². The highest BCUT2D eigenvalue weighted by atomic mass is 16.7. The fourth-order valence-corrected chi connectivity index (χ4v) is 1.33. The van der Waals surface area contributed by atoms with Crippen LogP contribution in [-0.4, -0.2) is 13.4 Å². The van der Waals surface area contributed by atoms with Gasteiger partial charge in [-0.15, -0.1) is 0 Å². The average molecular weight is 235 g/mol. The zero-order valence-electron chi connectivity index (χ0n) is 10.9. The first-order chi connectivity index (χ1) is 8.14. The van der Waals surface area contributed by atoms with E-state index in [4.69, 9.17) is 9.47 Å². The van der Waals surface area contributed by atoms with E-state index in [1.165, 1.54) is 5.56 Å². The van der Waals surface area contributed by atoms with Crippen LogP contribution in [0, 0.1) is 12.3 Å². The van der Waals surface area contributed by atoms with Gasteiger partial charge < -0.3 is 9.47 Å². The zero-order valence-corrected chi connectivity index (χ0v) is 10.9. The maximum absolute atomic E-state index is 5.44. The molecule has 0 aliphatic carbocycles. The van der Waals surface area contributed by atoms with Crippen LogP contribution in [0.25, 0.3) is 0 Å². The summed E-state index contributed by atoms with van der Waals surface area (Å²) in [6.07, 6.45) is 1.95. The molecule has 2 heteroatoms. The summed E-state index contributed by atoms with van der Waals surface area (Å²) in [5.41, 5.74) is 1.44. The summed E-state index contributed by atoms with van der Waals surface area (Å²) in [6.45, 7) is 10.0. The molecular weight excluding hydrogens is 212 g/mol. The third-order valence-electron chi connectivity index (χ3n) is 2.88. The molecule has 0 fully saturated rings. The van der Waals surface area contributed by atoms with E-state index in [0.717, 1.165) is 19.4 Å². The molecule has 0 unspecified atom stereocenters. The molecule has 0 amide bonds. The highest BCUT2D eigenvalue weighted by molar-refractivity contribution is 5.13. The fraction of sp³-hybridized carbons (Fsp3) is 0.533. The SMILES string of the molecule is [CH2]CC(C)(C)CCOCOCc1ccccc1. The molecule has 0 heterocycles. The summed E-state index contributed by atoms with van der Waals surface area (Å²) >= 11 is 0. The van der Waals surface area contributed by atoms with E-state index in [-0.39, 0.29) is 5.41 Å². The van der Waals surface area contributed by atoms with Crippen molar-refractivity contribution >= 4 is 0 Å². The number of benzene rings is 1. The number of ether oxygens (including phenoxy) is 2. The Morgan fingerprint density at radius 1 is 1.12 bits per heavy atom. The summed E-state index contributed by atoms with van der Waals surface area (Å²) in [4.78, 5) is 0. The van der Waals surface area contributed by atoms with E-state index in [1.807, 2.05) is 30.3 Å². The normalized spacial score (nSPS) is 11.7. The Labute approximate surface area is 105 Å². The predicted molar refractivity (Wildman–Crippen MR) is 70.4 cm³/mol. The molecule has 17 heavy (non-hydrogen) atoms. The Kier molecular flexibility index (Phi) is 6.23. The number of hydrogen-bond donors (Lipinski definition) is 0. The van der Waals surface area contributed by atoms with Gasteiger partial charge in [0.1, 0.15) is 6.79 Å². The molecule has 0 saturated carbocycles. The first-order valence-corrected chi connectivity index (χ1v) is 6.13. The minimum Gasteiger partial charge on any atom is -0.355 e. The summed E-state index contributed by atoms with van der Waals surface area (Å²) in [5.74, 6) is 0. The van der Waals surface area contributed by atoms with Crippen molar-refractivity contribution < 1.29 is 9.47 Å². The Morgan fingerprint density at radius 2 is 1.82 bits per heavy atom. The quantitative estimate of drug-likeness (QED) is 0.504. The van der Waals surface area contributed by atoms with Gasteiger partial charge in [-0.25, -0.2) is 0 Å². The van der Waals surface area contributed by atoms with Gasteiger partial charge in [-0.1, -0.05) is 51.1 Å². The Morgan fingerprint density at radius 3 is 2.47 bits per heavy atom. The van der Waals surface area contributed by atoms with Gasteiger partial charge in [0, 0.05) is 6.61 Å². The molecule has 0 N–H and O–H groups in total. The average Bonchev–Trinajstić information content (AvgIpc) is 2.35. The van der Waals surface area contributed by atoms with Gasteiger partial charge in [0.2, 0.25) is 0 Å². The van der Waals surface area contributed by atoms with Crippen LogP contribution in [0.15, 0.2) is 30.3 Å². The fourth-order valence-electron chi connectivity index (χ4n) is 1.33. The highest BCUT2D eigenvalue weighted by Gasteiger charge is 2.14. The minimum absolute atomic E-state index is 0.263. The first kappa shape index (κ1) is 14.2. The second kappa shape index (κ2) is 7.46. The van der Waals surface area contributed by atoms with Crippen molar-refractivity contribution in [3.63, 3.8) is 0 Å². The van der Waals surface area contributed by atoms with Crippen molar-refractivity contribution in [1.29, 1.82) is 0 Å². The highest BCUT2D eigenvalue weighted by Crippen LogP contribution is 2.23. The topological polar surface area (TPSA) is 18.5 Å². The summed E-state index contributed by atoms with van der Waals surface area (Å²) in [5, 5.41) is 0. The zero-order chi connectivity index (χ0) is 12.6. The molecule has 0 atom stereocenters. The smallest absolute Gasteiger partial charge is 0.147 e. The van der Waals surface area contributed by atoms with Crippen molar-refractivity contribution in [3.8, 4) is 0 Å². The van der Waals surface area contributed by atoms with Gasteiger partial charge in [0.15, 0.2) is 0 Å². The van der Waals surface area contributed by atoms with E-state index in [0.29, 0.717) is 13.4 Å². The molecule has 0 aliphatic heterocycles. The largest absolute Gasteiger partial charge is 0.355 e. The minimum atomic E-state index is 0.263. The standard InChI is InChI=1S/C15H23O2/c1-4-15(2,3)10-11-16-13-17-12-14-8-6-5-7-9-14/h5-9H,1,4,10-13H2,2-3H3. The lowest BCUT2D eigenvalue weighted by atomic mass is 9.87. The third kappa shape index (κ3) is 6.44. The number of rotatable bonds is 8. The number of hydrogen-bond acceptors (Lipinski definition) is 2. The Hall–Kier alpha value is -0.860. The maximum Gasteiger partial charge on any atom is 0.147 e. The van der Waals surface area contributed by atoms with Crippen LogP contribution in [-0.2, 0) is 16.1 Å². The van der Waals surface area contributed by atoms with E-state index >= 15 is 0 Å². The van der Waals surface area contributed by atoms with Crippen molar-refractivity contribution in [1.82, 2.24) is 0 Å². The monoisotopic (exact) mass is 235 g/mol. The Balaban J connectivity index is 2.02. The van der Waals surface area contributed by atoms with Gasteiger partial charge in [-0.3, -0.25) is 0 Å². The molecule has 1 rings (SSSR count). The molecule has 1 radical (unpaired) electrons. The van der Waals surface area contributed by atoms with Crippen molar-refractivity contribution in [2.45, 2.75) is 33.3 Å². The molecule has 1 aromatic rings. The van der Waals surface area contributed by atoms with Crippen LogP contribution in [0.3, 0.4) is 0 Å². The molecule has 2 nitrogen and oxygen atoms in total. The molecule has 1 aromatic carbocycles. The van der Waals surface area contributed by atoms with E-state index < -0.39 is 0 Å². The van der Waals surface area contributed by atoms with Gasteiger partial charge in [-0.05, 0) is 23.8 Å². The van der Waals surface area contributed by atoms with Crippen LogP contribution in [0.4, 0.5) is 0 Å². The van der Waals surface area contributed by atoms with Crippen LogP contribution in [0.5, 0.6) is 0 Å². The van der Waals surface area contributed by atoms with Crippen LogP contribution in [0.1, 0.15) is 32.3 Å². The molecular formula is C15H23O2. The van der Waals surface area contributed by atoms with Crippen LogP contribution < -0.4 is 0 Å². The summed E-state index contributed by atoms with van der Waals surface area (Å²) in [6, 6.07) is 10.1. The van der Waals surface area contributed by atoms with Gasteiger partial charge in [0.25, 0.3) is 0 Å². The molecule has 0 aromatic heterocycles. The molecule has 0 saturated heterocycles. The molecule has 95 valence electrons. The summed E-state index contributed by atoms with van der Waals surface area (Å²) in [7, 11) is 0. The van der Waals surface area contributed by atoms with Gasteiger partial charge in [-0.2, -0.15) is 0 Å². The first-order valence-electron chi connectivity index (χ1n) is 6.13. The van der Waals surface area contributed by atoms with E-state index in [9.17, 15) is 0 Å². The Bertz CT molecular complexity index is 293. The van der Waals surface area contributed by atoms with E-state index in [1.54, 1.807) is 0 Å².